The predicted molar refractivity (Wildman–Crippen MR) is 73.0 cm³/mol. The molecular weight excluding hydrogens is 226 g/mol. The molecule has 100 valence electrons. The second-order valence-electron chi connectivity index (χ2n) is 5.33. The summed E-state index contributed by atoms with van der Waals surface area (Å²) < 4.78 is 5.93. The molecule has 0 aromatic heterocycles. The summed E-state index contributed by atoms with van der Waals surface area (Å²) in [7, 11) is 1.84. The van der Waals surface area contributed by atoms with Gasteiger partial charge in [0.25, 0.3) is 0 Å². The van der Waals surface area contributed by atoms with Gasteiger partial charge >= 0.3 is 0 Å². The van der Waals surface area contributed by atoms with Gasteiger partial charge in [-0.25, -0.2) is 0 Å². The first-order valence-corrected chi connectivity index (χ1v) is 6.68. The maximum Gasteiger partial charge on any atom is 0.128 e. The summed E-state index contributed by atoms with van der Waals surface area (Å²) in [6.45, 7) is 5.42. The Morgan fingerprint density at radius 2 is 2.11 bits per heavy atom. The van der Waals surface area contributed by atoms with Crippen molar-refractivity contribution in [3.63, 3.8) is 0 Å². The summed E-state index contributed by atoms with van der Waals surface area (Å²) in [6.07, 6.45) is 2.04. The summed E-state index contributed by atoms with van der Waals surface area (Å²) >= 11 is 0. The van der Waals surface area contributed by atoms with E-state index in [-0.39, 0.29) is 0 Å². The van der Waals surface area contributed by atoms with Crippen molar-refractivity contribution < 1.29 is 9.84 Å². The Balaban J connectivity index is 2.21. The molecule has 2 N–H and O–H groups in total. The van der Waals surface area contributed by atoms with Gasteiger partial charge in [-0.3, -0.25) is 0 Å². The Labute approximate surface area is 109 Å². The van der Waals surface area contributed by atoms with Crippen LogP contribution in [0.1, 0.15) is 35.6 Å². The quantitative estimate of drug-likeness (QED) is 0.813. The van der Waals surface area contributed by atoms with E-state index < -0.39 is 6.10 Å². The molecule has 1 aliphatic carbocycles. The number of hydrogen-bond acceptors (Lipinski definition) is 3. The topological polar surface area (TPSA) is 41.5 Å². The molecule has 1 atom stereocenters. The first-order valence-electron chi connectivity index (χ1n) is 6.68. The maximum atomic E-state index is 10.2. The number of aliphatic hydroxyl groups is 1. The molecule has 0 amide bonds. The molecule has 0 spiro atoms. The lowest BCUT2D eigenvalue weighted by Gasteiger charge is -2.19. The molecule has 0 radical (unpaired) electrons. The minimum absolute atomic E-state index is 0.511. The summed E-state index contributed by atoms with van der Waals surface area (Å²) in [5.74, 6) is 1.59. The van der Waals surface area contributed by atoms with Crippen molar-refractivity contribution in [3.8, 4) is 5.75 Å². The molecule has 1 fully saturated rings. The molecule has 1 saturated carbocycles. The first kappa shape index (κ1) is 13.4. The third kappa shape index (κ3) is 3.24. The van der Waals surface area contributed by atoms with Gasteiger partial charge in [-0.15, -0.1) is 0 Å². The molecule has 2 rings (SSSR count). The zero-order valence-corrected chi connectivity index (χ0v) is 11.5. The van der Waals surface area contributed by atoms with E-state index in [1.54, 1.807) is 0 Å². The van der Waals surface area contributed by atoms with Gasteiger partial charge in [-0.1, -0.05) is 11.6 Å². The van der Waals surface area contributed by atoms with Crippen LogP contribution >= 0.6 is 0 Å². The van der Waals surface area contributed by atoms with Crippen LogP contribution in [0.15, 0.2) is 12.1 Å². The van der Waals surface area contributed by atoms with Gasteiger partial charge in [0.05, 0.1) is 12.7 Å². The number of aliphatic hydroxyl groups excluding tert-OH is 1. The zero-order valence-electron chi connectivity index (χ0n) is 11.5. The van der Waals surface area contributed by atoms with Crippen LogP contribution in [0.25, 0.3) is 0 Å². The fourth-order valence-electron chi connectivity index (χ4n) is 2.22. The molecule has 1 aromatic carbocycles. The molecule has 1 unspecified atom stereocenters. The number of nitrogens with one attached hydrogen (secondary N) is 1. The fraction of sp³-hybridized carbons (Fsp3) is 0.600. The largest absolute Gasteiger partial charge is 0.493 e. The molecular formula is C15H23NO2. The van der Waals surface area contributed by atoms with Crippen LogP contribution in [0.2, 0.25) is 0 Å². The lowest BCUT2D eigenvalue weighted by molar-refractivity contribution is 0.170. The third-order valence-corrected chi connectivity index (χ3v) is 3.36. The summed E-state index contributed by atoms with van der Waals surface area (Å²) in [5.41, 5.74) is 3.18. The highest BCUT2D eigenvalue weighted by Gasteiger charge is 2.23. The van der Waals surface area contributed by atoms with Crippen molar-refractivity contribution >= 4 is 0 Å². The third-order valence-electron chi connectivity index (χ3n) is 3.36. The van der Waals surface area contributed by atoms with Gasteiger partial charge in [-0.05, 0) is 51.3 Å². The summed E-state index contributed by atoms with van der Waals surface area (Å²) in [6, 6.07) is 4.13. The Morgan fingerprint density at radius 1 is 1.39 bits per heavy atom. The van der Waals surface area contributed by atoms with Gasteiger partial charge < -0.3 is 15.2 Å². The van der Waals surface area contributed by atoms with Crippen molar-refractivity contribution in [3.05, 3.63) is 28.8 Å². The van der Waals surface area contributed by atoms with E-state index in [4.69, 9.17) is 4.74 Å². The summed E-state index contributed by atoms with van der Waals surface area (Å²) in [5, 5.41) is 13.2. The molecule has 3 heteroatoms. The molecule has 18 heavy (non-hydrogen) atoms. The Kier molecular flexibility index (Phi) is 4.25. The monoisotopic (exact) mass is 249 g/mol. The van der Waals surface area contributed by atoms with E-state index in [1.165, 1.54) is 12.8 Å². The average Bonchev–Trinajstić information content (AvgIpc) is 3.11. The number of hydrogen-bond donors (Lipinski definition) is 2. The fourth-order valence-corrected chi connectivity index (χ4v) is 2.22. The average molecular weight is 249 g/mol. The highest BCUT2D eigenvalue weighted by atomic mass is 16.5. The van der Waals surface area contributed by atoms with Crippen LogP contribution in [0.5, 0.6) is 5.75 Å². The lowest BCUT2D eigenvalue weighted by atomic mass is 10.0. The van der Waals surface area contributed by atoms with Crippen molar-refractivity contribution in [2.45, 2.75) is 32.8 Å². The van der Waals surface area contributed by atoms with Crippen LogP contribution in [0.4, 0.5) is 0 Å². The van der Waals surface area contributed by atoms with E-state index in [1.807, 2.05) is 27.0 Å². The van der Waals surface area contributed by atoms with Crippen LogP contribution in [-0.4, -0.2) is 25.3 Å². The number of ether oxygens (including phenoxy) is 1. The number of benzene rings is 1. The highest BCUT2D eigenvalue weighted by Crippen LogP contribution is 2.34. The van der Waals surface area contributed by atoms with Crippen LogP contribution in [0.3, 0.4) is 0 Å². The second-order valence-corrected chi connectivity index (χ2v) is 5.33. The molecule has 0 bridgehead atoms. The molecule has 1 aliphatic rings. The van der Waals surface area contributed by atoms with Crippen molar-refractivity contribution in [2.24, 2.45) is 5.92 Å². The number of likely N-dealkylation sites (N-methyl/N-ethyl adjacent to an activating group) is 1. The SMILES string of the molecule is CNCC(O)c1cc(C)cc(C)c1OCC1CC1. The van der Waals surface area contributed by atoms with E-state index in [9.17, 15) is 5.11 Å². The Hall–Kier alpha value is -1.06. The Morgan fingerprint density at radius 3 is 2.72 bits per heavy atom. The van der Waals surface area contributed by atoms with E-state index >= 15 is 0 Å². The van der Waals surface area contributed by atoms with Crippen LogP contribution in [0, 0.1) is 19.8 Å². The van der Waals surface area contributed by atoms with Crippen molar-refractivity contribution in [1.82, 2.24) is 5.32 Å². The molecule has 0 heterocycles. The van der Waals surface area contributed by atoms with Gasteiger partial charge in [0.1, 0.15) is 5.75 Å². The highest BCUT2D eigenvalue weighted by molar-refractivity contribution is 5.45. The van der Waals surface area contributed by atoms with E-state index in [0.29, 0.717) is 6.54 Å². The van der Waals surface area contributed by atoms with Crippen LogP contribution < -0.4 is 10.1 Å². The lowest BCUT2D eigenvalue weighted by Crippen LogP contribution is -2.18. The van der Waals surface area contributed by atoms with Crippen LogP contribution in [-0.2, 0) is 0 Å². The zero-order chi connectivity index (χ0) is 13.1. The first-order chi connectivity index (χ1) is 8.61. The van der Waals surface area contributed by atoms with Gasteiger partial charge in [0.2, 0.25) is 0 Å². The molecule has 1 aromatic rings. The minimum atomic E-state index is -0.511. The predicted octanol–water partition coefficient (Wildman–Crippen LogP) is 2.35. The molecule has 0 saturated heterocycles. The van der Waals surface area contributed by atoms with Gasteiger partial charge in [0.15, 0.2) is 0 Å². The van der Waals surface area contributed by atoms with E-state index in [2.05, 4.69) is 11.4 Å². The minimum Gasteiger partial charge on any atom is -0.493 e. The van der Waals surface area contributed by atoms with E-state index in [0.717, 1.165) is 35.0 Å². The molecule has 3 nitrogen and oxygen atoms in total. The molecule has 0 aliphatic heterocycles. The van der Waals surface area contributed by atoms with Gasteiger partial charge in [-0.2, -0.15) is 0 Å². The smallest absolute Gasteiger partial charge is 0.128 e. The maximum absolute atomic E-state index is 10.2. The standard InChI is InChI=1S/C15H23NO2/c1-10-6-11(2)15(18-9-12-4-5-12)13(7-10)14(17)8-16-3/h6-7,12,14,16-17H,4-5,8-9H2,1-3H3. The Bertz CT molecular complexity index is 413. The number of rotatable bonds is 6. The summed E-state index contributed by atoms with van der Waals surface area (Å²) in [4.78, 5) is 0. The number of aryl methyl sites for hydroxylation is 2. The van der Waals surface area contributed by atoms with Crippen molar-refractivity contribution in [1.29, 1.82) is 0 Å². The normalized spacial score (nSPS) is 16.7. The van der Waals surface area contributed by atoms with Gasteiger partial charge in [0, 0.05) is 12.1 Å². The second kappa shape index (κ2) is 5.72. The van der Waals surface area contributed by atoms with Crippen molar-refractivity contribution in [2.75, 3.05) is 20.2 Å².